The summed E-state index contributed by atoms with van der Waals surface area (Å²) in [6.07, 6.45) is -1.02. The standard InChI is InChI=1S/C13H15FN2O3/c1-8-6-9(14)2-3-10(8)11-7-12(17)15-4-5-16(11)13(18)19/h2-3,6,11H,4-5,7H2,1H3,(H,15,17)(H,18,19)/t11-/m1/s1. The third-order valence-electron chi connectivity index (χ3n) is 3.27. The van der Waals surface area contributed by atoms with Gasteiger partial charge in [0.25, 0.3) is 0 Å². The fraction of sp³-hybridized carbons (Fsp3) is 0.385. The monoisotopic (exact) mass is 266 g/mol. The van der Waals surface area contributed by atoms with Crippen molar-refractivity contribution >= 4 is 12.0 Å². The van der Waals surface area contributed by atoms with E-state index in [1.54, 1.807) is 13.0 Å². The van der Waals surface area contributed by atoms with E-state index in [0.717, 1.165) is 0 Å². The van der Waals surface area contributed by atoms with Crippen LogP contribution in [0.2, 0.25) is 0 Å². The van der Waals surface area contributed by atoms with Crippen LogP contribution in [-0.4, -0.2) is 35.1 Å². The Labute approximate surface area is 110 Å². The minimum Gasteiger partial charge on any atom is -0.465 e. The highest BCUT2D eigenvalue weighted by atomic mass is 19.1. The number of hydrogen-bond donors (Lipinski definition) is 2. The van der Waals surface area contributed by atoms with Crippen LogP contribution in [0.3, 0.4) is 0 Å². The summed E-state index contributed by atoms with van der Waals surface area (Å²) in [4.78, 5) is 24.1. The zero-order chi connectivity index (χ0) is 14.0. The van der Waals surface area contributed by atoms with Gasteiger partial charge < -0.3 is 10.4 Å². The molecule has 1 saturated heterocycles. The lowest BCUT2D eigenvalue weighted by molar-refractivity contribution is -0.121. The van der Waals surface area contributed by atoms with E-state index in [1.165, 1.54) is 17.0 Å². The molecule has 1 aliphatic heterocycles. The molecule has 0 radical (unpaired) electrons. The summed E-state index contributed by atoms with van der Waals surface area (Å²) in [6, 6.07) is 3.60. The smallest absolute Gasteiger partial charge is 0.407 e. The third kappa shape index (κ3) is 2.83. The third-order valence-corrected chi connectivity index (χ3v) is 3.27. The minimum atomic E-state index is -1.08. The van der Waals surface area contributed by atoms with E-state index in [9.17, 15) is 19.1 Å². The highest BCUT2D eigenvalue weighted by Gasteiger charge is 2.30. The summed E-state index contributed by atoms with van der Waals surface area (Å²) >= 11 is 0. The highest BCUT2D eigenvalue weighted by Crippen LogP contribution is 2.28. The van der Waals surface area contributed by atoms with Crippen molar-refractivity contribution in [1.82, 2.24) is 10.2 Å². The van der Waals surface area contributed by atoms with Gasteiger partial charge in [0.05, 0.1) is 12.5 Å². The van der Waals surface area contributed by atoms with Crippen LogP contribution < -0.4 is 5.32 Å². The number of carbonyl (C=O) groups is 2. The van der Waals surface area contributed by atoms with Crippen molar-refractivity contribution in [3.8, 4) is 0 Å². The molecule has 1 fully saturated rings. The average molecular weight is 266 g/mol. The Bertz CT molecular complexity index is 519. The molecule has 1 aliphatic rings. The van der Waals surface area contributed by atoms with Crippen LogP contribution in [-0.2, 0) is 4.79 Å². The van der Waals surface area contributed by atoms with Crippen molar-refractivity contribution in [2.24, 2.45) is 0 Å². The molecule has 1 aromatic carbocycles. The number of amides is 2. The van der Waals surface area contributed by atoms with Gasteiger partial charge in [-0.15, -0.1) is 0 Å². The van der Waals surface area contributed by atoms with Crippen LogP contribution in [0.25, 0.3) is 0 Å². The molecule has 0 bridgehead atoms. The zero-order valence-electron chi connectivity index (χ0n) is 10.5. The topological polar surface area (TPSA) is 69.6 Å². The summed E-state index contributed by atoms with van der Waals surface area (Å²) in [7, 11) is 0. The summed E-state index contributed by atoms with van der Waals surface area (Å²) in [5, 5.41) is 11.9. The molecule has 1 aromatic rings. The summed E-state index contributed by atoms with van der Waals surface area (Å²) in [6.45, 7) is 2.23. The van der Waals surface area contributed by atoms with Crippen molar-refractivity contribution in [3.05, 3.63) is 35.1 Å². The van der Waals surface area contributed by atoms with Crippen molar-refractivity contribution in [2.45, 2.75) is 19.4 Å². The first-order valence-corrected chi connectivity index (χ1v) is 6.01. The number of carbonyl (C=O) groups excluding carboxylic acids is 1. The Morgan fingerprint density at radius 2 is 2.26 bits per heavy atom. The largest absolute Gasteiger partial charge is 0.465 e. The number of rotatable bonds is 1. The molecule has 2 rings (SSSR count). The van der Waals surface area contributed by atoms with Crippen LogP contribution in [0.5, 0.6) is 0 Å². The Balaban J connectivity index is 2.40. The Hall–Kier alpha value is -2.11. The number of nitrogens with one attached hydrogen (secondary N) is 1. The van der Waals surface area contributed by atoms with E-state index in [1.807, 2.05) is 0 Å². The summed E-state index contributed by atoms with van der Waals surface area (Å²) in [5.74, 6) is -0.571. The van der Waals surface area contributed by atoms with E-state index in [-0.39, 0.29) is 24.7 Å². The molecule has 19 heavy (non-hydrogen) atoms. The number of hydrogen-bond acceptors (Lipinski definition) is 2. The van der Waals surface area contributed by atoms with Crippen molar-refractivity contribution in [3.63, 3.8) is 0 Å². The van der Waals surface area contributed by atoms with Gasteiger partial charge in [0.2, 0.25) is 5.91 Å². The molecule has 102 valence electrons. The molecule has 0 unspecified atom stereocenters. The normalized spacial score (nSPS) is 19.8. The molecular formula is C13H15FN2O3. The fourth-order valence-corrected chi connectivity index (χ4v) is 2.35. The molecule has 6 heteroatoms. The molecule has 0 aromatic heterocycles. The molecule has 2 N–H and O–H groups in total. The SMILES string of the molecule is Cc1cc(F)ccc1[C@H]1CC(=O)NCCN1C(=O)O. The van der Waals surface area contributed by atoms with Gasteiger partial charge in [0.15, 0.2) is 0 Å². The lowest BCUT2D eigenvalue weighted by Crippen LogP contribution is -2.35. The maximum Gasteiger partial charge on any atom is 0.407 e. The van der Waals surface area contributed by atoms with E-state index >= 15 is 0 Å². The van der Waals surface area contributed by atoms with Crippen LogP contribution >= 0.6 is 0 Å². The maximum absolute atomic E-state index is 13.1. The van der Waals surface area contributed by atoms with Crippen LogP contribution in [0.15, 0.2) is 18.2 Å². The van der Waals surface area contributed by atoms with E-state index in [0.29, 0.717) is 17.7 Å². The van der Waals surface area contributed by atoms with Crippen LogP contribution in [0, 0.1) is 12.7 Å². The van der Waals surface area contributed by atoms with E-state index < -0.39 is 12.1 Å². The predicted molar refractivity (Wildman–Crippen MR) is 66.2 cm³/mol. The summed E-state index contributed by atoms with van der Waals surface area (Å²) < 4.78 is 13.1. The number of nitrogens with zero attached hydrogens (tertiary/aromatic N) is 1. The van der Waals surface area contributed by atoms with Crippen LogP contribution in [0.1, 0.15) is 23.6 Å². The second-order valence-electron chi connectivity index (χ2n) is 4.55. The molecular weight excluding hydrogens is 251 g/mol. The number of aryl methyl sites for hydroxylation is 1. The van der Waals surface area contributed by atoms with Gasteiger partial charge >= 0.3 is 6.09 Å². The maximum atomic E-state index is 13.1. The van der Waals surface area contributed by atoms with Crippen molar-refractivity contribution in [2.75, 3.05) is 13.1 Å². The second-order valence-corrected chi connectivity index (χ2v) is 4.55. The molecule has 5 nitrogen and oxygen atoms in total. The zero-order valence-corrected chi connectivity index (χ0v) is 10.5. The molecule has 1 atom stereocenters. The Morgan fingerprint density at radius 1 is 1.53 bits per heavy atom. The van der Waals surface area contributed by atoms with Gasteiger partial charge in [-0.2, -0.15) is 0 Å². The minimum absolute atomic E-state index is 0.0543. The van der Waals surface area contributed by atoms with Gasteiger partial charge in [-0.1, -0.05) is 6.07 Å². The summed E-state index contributed by atoms with van der Waals surface area (Å²) in [5.41, 5.74) is 1.31. The molecule has 1 heterocycles. The van der Waals surface area contributed by atoms with Gasteiger partial charge in [0, 0.05) is 13.1 Å². The second kappa shape index (κ2) is 5.26. The van der Waals surface area contributed by atoms with Crippen molar-refractivity contribution in [1.29, 1.82) is 0 Å². The number of halogens is 1. The Kier molecular flexibility index (Phi) is 3.69. The first-order chi connectivity index (χ1) is 8.99. The Morgan fingerprint density at radius 3 is 2.89 bits per heavy atom. The van der Waals surface area contributed by atoms with Gasteiger partial charge in [-0.3, -0.25) is 9.69 Å². The first kappa shape index (κ1) is 13.3. The van der Waals surface area contributed by atoms with Gasteiger partial charge in [-0.05, 0) is 30.2 Å². The van der Waals surface area contributed by atoms with E-state index in [4.69, 9.17) is 0 Å². The first-order valence-electron chi connectivity index (χ1n) is 6.01. The van der Waals surface area contributed by atoms with Crippen LogP contribution in [0.4, 0.5) is 9.18 Å². The lowest BCUT2D eigenvalue weighted by atomic mass is 9.97. The molecule has 0 aliphatic carbocycles. The van der Waals surface area contributed by atoms with E-state index in [2.05, 4.69) is 5.32 Å². The molecule has 0 spiro atoms. The predicted octanol–water partition coefficient (Wildman–Crippen LogP) is 1.68. The average Bonchev–Trinajstić information content (AvgIpc) is 2.51. The molecule has 2 amide bonds. The van der Waals surface area contributed by atoms with Gasteiger partial charge in [-0.25, -0.2) is 9.18 Å². The quantitative estimate of drug-likeness (QED) is 0.812. The highest BCUT2D eigenvalue weighted by molar-refractivity contribution is 5.78. The number of carboxylic acid groups (broad SMARTS) is 1. The lowest BCUT2D eigenvalue weighted by Gasteiger charge is -2.27. The molecule has 0 saturated carbocycles. The number of benzene rings is 1. The van der Waals surface area contributed by atoms with Gasteiger partial charge in [0.1, 0.15) is 5.82 Å². The van der Waals surface area contributed by atoms with Crippen molar-refractivity contribution < 1.29 is 19.1 Å². The fourth-order valence-electron chi connectivity index (χ4n) is 2.35.